The van der Waals surface area contributed by atoms with Gasteiger partial charge in [0.1, 0.15) is 19.0 Å². The third-order valence-electron chi connectivity index (χ3n) is 1.86. The third kappa shape index (κ3) is 10.7. The molecule has 19 heavy (non-hydrogen) atoms. The van der Waals surface area contributed by atoms with Crippen molar-refractivity contribution in [2.45, 2.75) is 27.4 Å². The summed E-state index contributed by atoms with van der Waals surface area (Å²) in [5.41, 5.74) is 1.01. The molecule has 6 heteroatoms. The Morgan fingerprint density at radius 2 is 1.53 bits per heavy atom. The first-order chi connectivity index (χ1) is 9.13. The van der Waals surface area contributed by atoms with E-state index in [1.165, 1.54) is 12.1 Å². The van der Waals surface area contributed by atoms with Crippen LogP contribution in [0.4, 0.5) is 4.39 Å². The molecule has 0 aliphatic heterocycles. The van der Waals surface area contributed by atoms with E-state index in [2.05, 4.69) is 9.05 Å². The van der Waals surface area contributed by atoms with E-state index in [0.717, 1.165) is 5.56 Å². The molecule has 0 saturated carbocycles. The topological polar surface area (TPSA) is 44.8 Å². The summed E-state index contributed by atoms with van der Waals surface area (Å²) in [7, 11) is -1.83. The van der Waals surface area contributed by atoms with Crippen LogP contribution in [0.25, 0.3) is 0 Å². The number of benzene rings is 1. The number of hydrogen-bond donors (Lipinski definition) is 0. The predicted molar refractivity (Wildman–Crippen MR) is 72.6 cm³/mol. The highest BCUT2D eigenvalue weighted by atomic mass is 31.1. The first-order valence-electron chi connectivity index (χ1n) is 6.19. The van der Waals surface area contributed by atoms with E-state index in [9.17, 15) is 8.96 Å². The van der Waals surface area contributed by atoms with Crippen LogP contribution in [0.1, 0.15) is 26.3 Å². The summed E-state index contributed by atoms with van der Waals surface area (Å²) in [6.07, 6.45) is 0. The van der Waals surface area contributed by atoms with Crippen LogP contribution in [0.5, 0.6) is 0 Å². The van der Waals surface area contributed by atoms with E-state index in [-0.39, 0.29) is 5.82 Å². The maximum absolute atomic E-state index is 12.4. The Kier molecular flexibility index (Phi) is 11.6. The largest absolute Gasteiger partial charge is 0.697 e. The van der Waals surface area contributed by atoms with Gasteiger partial charge < -0.3 is 4.74 Å². The van der Waals surface area contributed by atoms with Crippen LogP contribution < -0.4 is 0 Å². The molecule has 1 rings (SSSR count). The summed E-state index contributed by atoms with van der Waals surface area (Å²) in [5.74, 6) is -0.203. The molecule has 1 aromatic rings. The lowest BCUT2D eigenvalue weighted by Crippen LogP contribution is -1.91. The first kappa shape index (κ1) is 18.1. The lowest BCUT2D eigenvalue weighted by atomic mass is 10.2. The van der Waals surface area contributed by atoms with Gasteiger partial charge in [0.2, 0.25) is 0 Å². The van der Waals surface area contributed by atoms with Gasteiger partial charge in [-0.15, -0.1) is 9.05 Å². The van der Waals surface area contributed by atoms with Gasteiger partial charge in [-0.25, -0.2) is 4.39 Å². The molecule has 1 aromatic carbocycles. The maximum atomic E-state index is 12.4. The fraction of sp³-hybridized carbons (Fsp3) is 0.538. The highest BCUT2D eigenvalue weighted by Gasteiger charge is 2.15. The molecule has 0 aromatic heterocycles. The second-order valence-corrected chi connectivity index (χ2v) is 4.29. The summed E-state index contributed by atoms with van der Waals surface area (Å²) in [6, 6.07) is 6.33. The average Bonchev–Trinajstić information content (AvgIpc) is 2.39. The zero-order valence-electron chi connectivity index (χ0n) is 11.6. The number of hydrogen-bond acceptors (Lipinski definition) is 4. The molecule has 0 saturated heterocycles. The maximum Gasteiger partial charge on any atom is 0.697 e. The van der Waals surface area contributed by atoms with Crippen molar-refractivity contribution in [3.05, 3.63) is 35.6 Å². The highest BCUT2D eigenvalue weighted by Crippen LogP contribution is 2.21. The second-order valence-electron chi connectivity index (χ2n) is 3.32. The van der Waals surface area contributed by atoms with Crippen LogP contribution in [0.15, 0.2) is 24.3 Å². The van der Waals surface area contributed by atoms with Crippen molar-refractivity contribution < 1.29 is 22.7 Å². The van der Waals surface area contributed by atoms with Crippen LogP contribution in [0.2, 0.25) is 0 Å². The van der Waals surface area contributed by atoms with Crippen molar-refractivity contribution in [3.63, 3.8) is 0 Å². The molecule has 0 fully saturated rings. The summed E-state index contributed by atoms with van der Waals surface area (Å²) >= 11 is 0. The summed E-state index contributed by atoms with van der Waals surface area (Å²) in [6.45, 7) is 7.61. The summed E-state index contributed by atoms with van der Waals surface area (Å²) in [5, 5.41) is 0. The van der Waals surface area contributed by atoms with Crippen molar-refractivity contribution in [2.75, 3.05) is 19.8 Å². The Bertz CT molecular complexity index is 335. The van der Waals surface area contributed by atoms with Crippen LogP contribution in [0, 0.1) is 5.82 Å². The van der Waals surface area contributed by atoms with E-state index in [0.29, 0.717) is 26.4 Å². The minimum atomic E-state index is -1.83. The Morgan fingerprint density at radius 1 is 1.00 bits per heavy atom. The van der Waals surface area contributed by atoms with Gasteiger partial charge in [0.15, 0.2) is 0 Å². The van der Waals surface area contributed by atoms with Crippen LogP contribution in [-0.4, -0.2) is 19.8 Å². The minimum Gasteiger partial charge on any atom is -0.377 e. The van der Waals surface area contributed by atoms with Gasteiger partial charge in [-0.2, -0.15) is 0 Å². The van der Waals surface area contributed by atoms with Crippen molar-refractivity contribution >= 4 is 8.25 Å². The zero-order valence-corrected chi connectivity index (χ0v) is 12.5. The van der Waals surface area contributed by atoms with E-state index >= 15 is 0 Å². The fourth-order valence-electron chi connectivity index (χ4n) is 1.05. The average molecular weight is 291 g/mol. The first-order valence-corrected chi connectivity index (χ1v) is 7.28. The number of halogens is 1. The van der Waals surface area contributed by atoms with Crippen LogP contribution >= 0.6 is 8.25 Å². The molecular formula is C13H21FO4P+. The smallest absolute Gasteiger partial charge is 0.377 e. The molecular weight excluding hydrogens is 270 g/mol. The molecule has 0 radical (unpaired) electrons. The summed E-state index contributed by atoms with van der Waals surface area (Å²) in [4.78, 5) is 0. The van der Waals surface area contributed by atoms with Gasteiger partial charge >= 0.3 is 8.25 Å². The zero-order chi connectivity index (χ0) is 14.5. The van der Waals surface area contributed by atoms with Gasteiger partial charge in [-0.05, 0) is 38.5 Å². The molecule has 0 unspecified atom stereocenters. The predicted octanol–water partition coefficient (Wildman–Crippen LogP) is 4.08. The van der Waals surface area contributed by atoms with Crippen molar-refractivity contribution in [3.8, 4) is 0 Å². The van der Waals surface area contributed by atoms with Crippen molar-refractivity contribution in [2.24, 2.45) is 0 Å². The van der Waals surface area contributed by atoms with Gasteiger partial charge in [-0.3, -0.25) is 0 Å². The molecule has 4 nitrogen and oxygen atoms in total. The van der Waals surface area contributed by atoms with Crippen molar-refractivity contribution in [1.82, 2.24) is 0 Å². The molecule has 0 amide bonds. The highest BCUT2D eigenvalue weighted by molar-refractivity contribution is 7.33. The van der Waals surface area contributed by atoms with E-state index < -0.39 is 8.25 Å². The monoisotopic (exact) mass is 291 g/mol. The quantitative estimate of drug-likeness (QED) is 0.710. The normalized spacial score (nSPS) is 9.68. The number of rotatable bonds is 7. The molecule has 0 bridgehead atoms. The summed E-state index contributed by atoms with van der Waals surface area (Å²) < 4.78 is 37.0. The molecule has 0 heterocycles. The van der Waals surface area contributed by atoms with Gasteiger partial charge in [0, 0.05) is 11.2 Å². The molecule has 0 N–H and O–H groups in total. The lowest BCUT2D eigenvalue weighted by molar-refractivity contribution is 0.134. The standard InChI is InChI=1S/C9H11FO.C4H10O3P/c1-2-11-7-8-3-5-9(10)6-4-8;1-3-6-8(5)7-4-2/h3-6H,2,7H2,1H3;3-4H2,1-2H3/q;+1. The Labute approximate surface area is 114 Å². The number of ether oxygens (including phenoxy) is 1. The Balaban J connectivity index is 0.000000362. The van der Waals surface area contributed by atoms with E-state index in [1.54, 1.807) is 26.0 Å². The third-order valence-corrected chi connectivity index (χ3v) is 2.79. The lowest BCUT2D eigenvalue weighted by Gasteiger charge is -1.99. The molecule has 0 aliphatic carbocycles. The van der Waals surface area contributed by atoms with E-state index in [1.807, 2.05) is 6.92 Å². The van der Waals surface area contributed by atoms with Gasteiger partial charge in [0.25, 0.3) is 0 Å². The van der Waals surface area contributed by atoms with Gasteiger partial charge in [0.05, 0.1) is 6.61 Å². The van der Waals surface area contributed by atoms with Crippen LogP contribution in [0.3, 0.4) is 0 Å². The Morgan fingerprint density at radius 3 is 1.95 bits per heavy atom. The molecule has 0 aliphatic rings. The fourth-order valence-corrected chi connectivity index (χ4v) is 1.54. The SMILES string of the molecule is CCOCc1ccc(F)cc1.CCO[P+](=O)OCC. The molecule has 0 spiro atoms. The van der Waals surface area contributed by atoms with Gasteiger partial charge in [-0.1, -0.05) is 12.1 Å². The Hall–Kier alpha value is -0.870. The van der Waals surface area contributed by atoms with Crippen molar-refractivity contribution in [1.29, 1.82) is 0 Å². The second kappa shape index (κ2) is 12.2. The van der Waals surface area contributed by atoms with Crippen LogP contribution in [-0.2, 0) is 25.0 Å². The molecule has 0 atom stereocenters. The van der Waals surface area contributed by atoms with E-state index in [4.69, 9.17) is 4.74 Å². The minimum absolute atomic E-state index is 0.203. The molecule has 108 valence electrons.